The molecule has 1 heterocycles. The Morgan fingerprint density at radius 3 is 2.92 bits per heavy atom. The fourth-order valence-corrected chi connectivity index (χ4v) is 2.43. The van der Waals surface area contributed by atoms with Crippen LogP contribution < -0.4 is 15.4 Å². The van der Waals surface area contributed by atoms with Gasteiger partial charge in [0.25, 0.3) is 0 Å². The van der Waals surface area contributed by atoms with E-state index in [0.29, 0.717) is 37.8 Å². The number of hydrogen-bond acceptors (Lipinski definition) is 4. The molecule has 0 bridgehead atoms. The maximum Gasteiger partial charge on any atom is 0.387 e. The maximum atomic E-state index is 12.4. The predicted molar refractivity (Wildman–Crippen MR) is 91.1 cm³/mol. The van der Waals surface area contributed by atoms with Crippen molar-refractivity contribution in [2.45, 2.75) is 32.1 Å². The number of nitrogens with zero attached hydrogens (tertiary/aromatic N) is 1. The second kappa shape index (κ2) is 10.8. The van der Waals surface area contributed by atoms with Gasteiger partial charge in [0, 0.05) is 38.9 Å². The highest BCUT2D eigenvalue weighted by molar-refractivity contribution is 5.79. The molecule has 1 aliphatic heterocycles. The molecule has 1 fully saturated rings. The molecular weight excluding hydrogens is 332 g/mol. The lowest BCUT2D eigenvalue weighted by Crippen LogP contribution is -2.37. The van der Waals surface area contributed by atoms with Crippen LogP contribution in [0.4, 0.5) is 8.78 Å². The zero-order chi connectivity index (χ0) is 17.9. The van der Waals surface area contributed by atoms with E-state index in [2.05, 4.69) is 20.4 Å². The minimum Gasteiger partial charge on any atom is -0.434 e. The molecule has 1 saturated heterocycles. The van der Waals surface area contributed by atoms with Crippen LogP contribution in [-0.4, -0.2) is 52.1 Å². The van der Waals surface area contributed by atoms with Gasteiger partial charge in [-0.2, -0.15) is 8.78 Å². The number of halogens is 2. The molecule has 140 valence electrons. The number of hydrogen-bond donors (Lipinski definition) is 2. The van der Waals surface area contributed by atoms with E-state index in [1.165, 1.54) is 6.07 Å². The van der Waals surface area contributed by atoms with E-state index in [9.17, 15) is 8.78 Å². The van der Waals surface area contributed by atoms with E-state index in [0.717, 1.165) is 19.4 Å². The molecule has 0 aliphatic carbocycles. The Morgan fingerprint density at radius 1 is 1.36 bits per heavy atom. The van der Waals surface area contributed by atoms with Gasteiger partial charge in [-0.25, -0.2) is 0 Å². The summed E-state index contributed by atoms with van der Waals surface area (Å²) in [6.45, 7) is 0.292. The average Bonchev–Trinajstić information content (AvgIpc) is 3.11. The normalized spacial score (nSPS) is 17.8. The van der Waals surface area contributed by atoms with Gasteiger partial charge in [-0.3, -0.25) is 4.99 Å². The lowest BCUT2D eigenvalue weighted by atomic mass is 10.2. The summed E-state index contributed by atoms with van der Waals surface area (Å²) in [7, 11) is 1.66. The predicted octanol–water partition coefficient (Wildman–Crippen LogP) is 2.15. The zero-order valence-electron chi connectivity index (χ0n) is 14.3. The quantitative estimate of drug-likeness (QED) is 0.403. The second-order valence-corrected chi connectivity index (χ2v) is 5.55. The molecule has 1 atom stereocenters. The van der Waals surface area contributed by atoms with Gasteiger partial charge in [0.2, 0.25) is 0 Å². The van der Waals surface area contributed by atoms with Crippen LogP contribution in [-0.2, 0) is 16.0 Å². The van der Waals surface area contributed by atoms with Crippen LogP contribution in [0.3, 0.4) is 0 Å². The van der Waals surface area contributed by atoms with Gasteiger partial charge in [-0.15, -0.1) is 0 Å². The molecule has 1 aromatic rings. The largest absolute Gasteiger partial charge is 0.434 e. The van der Waals surface area contributed by atoms with Gasteiger partial charge in [0.05, 0.1) is 12.7 Å². The summed E-state index contributed by atoms with van der Waals surface area (Å²) in [6, 6.07) is 6.68. The van der Waals surface area contributed by atoms with E-state index >= 15 is 0 Å². The Hall–Kier alpha value is -1.93. The van der Waals surface area contributed by atoms with Crippen molar-refractivity contribution in [1.82, 2.24) is 10.6 Å². The fraction of sp³-hybridized carbons (Fsp3) is 0.588. The first-order chi connectivity index (χ1) is 12.2. The van der Waals surface area contributed by atoms with E-state index in [4.69, 9.17) is 9.47 Å². The first-order valence-electron chi connectivity index (χ1n) is 8.35. The Balaban J connectivity index is 1.68. The number of rotatable bonds is 9. The summed E-state index contributed by atoms with van der Waals surface area (Å²) in [5, 5.41) is 6.25. The second-order valence-electron chi connectivity index (χ2n) is 5.55. The molecule has 1 aliphatic rings. The van der Waals surface area contributed by atoms with E-state index < -0.39 is 6.61 Å². The number of para-hydroxylation sites is 1. The zero-order valence-corrected chi connectivity index (χ0v) is 14.3. The molecule has 1 aromatic carbocycles. The Labute approximate surface area is 146 Å². The summed E-state index contributed by atoms with van der Waals surface area (Å²) in [6.07, 6.45) is 2.00. The number of benzene rings is 1. The van der Waals surface area contributed by atoms with Crippen molar-refractivity contribution in [2.24, 2.45) is 4.99 Å². The molecule has 25 heavy (non-hydrogen) atoms. The fourth-order valence-electron chi connectivity index (χ4n) is 2.43. The molecule has 0 radical (unpaired) electrons. The monoisotopic (exact) mass is 357 g/mol. The maximum absolute atomic E-state index is 12.4. The average molecular weight is 357 g/mol. The molecule has 2 N–H and O–H groups in total. The third kappa shape index (κ3) is 7.23. The van der Waals surface area contributed by atoms with E-state index in [-0.39, 0.29) is 11.9 Å². The number of guanidine groups is 1. The first-order valence-corrected chi connectivity index (χ1v) is 8.35. The highest BCUT2D eigenvalue weighted by Crippen LogP contribution is 2.19. The molecule has 0 amide bonds. The van der Waals surface area contributed by atoms with Crippen LogP contribution in [0, 0.1) is 0 Å². The molecule has 0 saturated carbocycles. The van der Waals surface area contributed by atoms with Crippen LogP contribution >= 0.6 is 0 Å². The Bertz CT molecular complexity index is 538. The van der Waals surface area contributed by atoms with E-state index in [1.807, 2.05) is 0 Å². The summed E-state index contributed by atoms with van der Waals surface area (Å²) in [5.74, 6) is 0.753. The molecule has 0 aromatic heterocycles. The van der Waals surface area contributed by atoms with Gasteiger partial charge in [-0.1, -0.05) is 18.2 Å². The lowest BCUT2D eigenvalue weighted by Gasteiger charge is -2.15. The summed E-state index contributed by atoms with van der Waals surface area (Å²) in [4.78, 5) is 4.11. The number of nitrogens with one attached hydrogen (secondary N) is 2. The highest BCUT2D eigenvalue weighted by atomic mass is 19.3. The molecule has 0 spiro atoms. The van der Waals surface area contributed by atoms with Gasteiger partial charge in [0.15, 0.2) is 5.96 Å². The van der Waals surface area contributed by atoms with Crippen molar-refractivity contribution >= 4 is 5.96 Å². The van der Waals surface area contributed by atoms with Crippen molar-refractivity contribution in [2.75, 3.05) is 33.4 Å². The van der Waals surface area contributed by atoms with Crippen LogP contribution in [0.15, 0.2) is 29.3 Å². The van der Waals surface area contributed by atoms with Crippen molar-refractivity contribution in [3.8, 4) is 5.75 Å². The van der Waals surface area contributed by atoms with Crippen molar-refractivity contribution in [3.63, 3.8) is 0 Å². The Kier molecular flexibility index (Phi) is 8.41. The van der Waals surface area contributed by atoms with Crippen molar-refractivity contribution in [3.05, 3.63) is 29.8 Å². The molecule has 8 heteroatoms. The first kappa shape index (κ1) is 19.4. The third-order valence-corrected chi connectivity index (χ3v) is 3.71. The summed E-state index contributed by atoms with van der Waals surface area (Å²) in [5.41, 5.74) is 0.635. The molecule has 6 nitrogen and oxygen atoms in total. The summed E-state index contributed by atoms with van der Waals surface area (Å²) >= 11 is 0. The van der Waals surface area contributed by atoms with Gasteiger partial charge >= 0.3 is 6.61 Å². The van der Waals surface area contributed by atoms with Gasteiger partial charge < -0.3 is 24.8 Å². The van der Waals surface area contributed by atoms with Crippen LogP contribution in [0.25, 0.3) is 0 Å². The Morgan fingerprint density at radius 2 is 2.20 bits per heavy atom. The highest BCUT2D eigenvalue weighted by Gasteiger charge is 2.15. The van der Waals surface area contributed by atoms with Gasteiger partial charge in [0.1, 0.15) is 5.75 Å². The SMILES string of the molecule is CN=C(NCCCOC1CCOC1)NCc1ccccc1OC(F)F. The van der Waals surface area contributed by atoms with Crippen LogP contribution in [0.5, 0.6) is 5.75 Å². The van der Waals surface area contributed by atoms with Crippen molar-refractivity contribution in [1.29, 1.82) is 0 Å². The van der Waals surface area contributed by atoms with Crippen molar-refractivity contribution < 1.29 is 23.0 Å². The smallest absolute Gasteiger partial charge is 0.387 e. The standard InChI is InChI=1S/C17H25F2N3O3/c1-20-17(21-8-4-9-24-14-7-10-23-12-14)22-11-13-5-2-3-6-15(13)25-16(18)19/h2-3,5-6,14,16H,4,7-12H2,1H3,(H2,20,21,22). The number of ether oxygens (including phenoxy) is 3. The number of alkyl halides is 2. The minimum atomic E-state index is -2.84. The molecule has 2 rings (SSSR count). The minimum absolute atomic E-state index is 0.160. The summed E-state index contributed by atoms with van der Waals surface area (Å²) < 4.78 is 40.3. The third-order valence-electron chi connectivity index (χ3n) is 3.71. The topological polar surface area (TPSA) is 64.1 Å². The lowest BCUT2D eigenvalue weighted by molar-refractivity contribution is -0.0504. The van der Waals surface area contributed by atoms with Crippen LogP contribution in [0.1, 0.15) is 18.4 Å². The molecular formula is C17H25F2N3O3. The van der Waals surface area contributed by atoms with E-state index in [1.54, 1.807) is 25.2 Å². The number of aliphatic imine (C=N–C) groups is 1. The van der Waals surface area contributed by atoms with Gasteiger partial charge in [-0.05, 0) is 18.9 Å². The van der Waals surface area contributed by atoms with Crippen LogP contribution in [0.2, 0.25) is 0 Å². The molecule has 1 unspecified atom stereocenters.